The molecule has 0 bridgehead atoms. The Hall–Kier alpha value is -3.41. The summed E-state index contributed by atoms with van der Waals surface area (Å²) in [4.78, 5) is 15.6. The Morgan fingerprint density at radius 1 is 1.18 bits per heavy atom. The quantitative estimate of drug-likeness (QED) is 0.455. The summed E-state index contributed by atoms with van der Waals surface area (Å²) in [6.07, 6.45) is 3.04. The third-order valence-electron chi connectivity index (χ3n) is 6.87. The summed E-state index contributed by atoms with van der Waals surface area (Å²) < 4.78 is 20.1. The van der Waals surface area contributed by atoms with Crippen LogP contribution in [0, 0.1) is 18.2 Å². The van der Waals surface area contributed by atoms with Crippen LogP contribution in [-0.2, 0) is 12.8 Å². The van der Waals surface area contributed by atoms with Crippen molar-refractivity contribution in [3.05, 3.63) is 82.6 Å². The molecule has 0 spiro atoms. The molecular weight excluding hydrogens is 429 g/mol. The third-order valence-corrected chi connectivity index (χ3v) is 6.87. The van der Waals surface area contributed by atoms with Crippen LogP contribution in [0.3, 0.4) is 0 Å². The van der Waals surface area contributed by atoms with E-state index in [0.717, 1.165) is 65.2 Å². The zero-order chi connectivity index (χ0) is 24.0. The second-order valence-corrected chi connectivity index (χ2v) is 10.2. The fraction of sp³-hybridized carbons (Fsp3) is 0.357. The van der Waals surface area contributed by atoms with Gasteiger partial charge in [0.15, 0.2) is 5.76 Å². The molecule has 1 aliphatic heterocycles. The first-order valence-corrected chi connectivity index (χ1v) is 11.9. The van der Waals surface area contributed by atoms with Crippen molar-refractivity contribution in [2.24, 2.45) is 10.5 Å². The van der Waals surface area contributed by atoms with Crippen LogP contribution >= 0.6 is 0 Å². The molecule has 3 aromatic rings. The Bertz CT molecular complexity index is 1280. The highest BCUT2D eigenvalue weighted by atomic mass is 19.1. The molecule has 176 valence electrons. The van der Waals surface area contributed by atoms with Crippen molar-refractivity contribution in [2.75, 3.05) is 10.3 Å². The van der Waals surface area contributed by atoms with Crippen molar-refractivity contribution in [3.8, 4) is 0 Å². The van der Waals surface area contributed by atoms with Crippen LogP contribution in [0.4, 0.5) is 15.8 Å². The molecule has 2 aliphatic rings. The maximum absolute atomic E-state index is 13.8. The van der Waals surface area contributed by atoms with Gasteiger partial charge in [0.05, 0.1) is 11.4 Å². The van der Waals surface area contributed by atoms with Gasteiger partial charge in [0, 0.05) is 29.3 Å². The molecule has 1 N–H and O–H groups in total. The minimum Gasteiger partial charge on any atom is -0.455 e. The van der Waals surface area contributed by atoms with Crippen LogP contribution in [0.2, 0.25) is 0 Å². The van der Waals surface area contributed by atoms with E-state index in [2.05, 4.69) is 19.3 Å². The van der Waals surface area contributed by atoms with Crippen molar-refractivity contribution in [3.63, 3.8) is 0 Å². The third kappa shape index (κ3) is 4.02. The molecule has 0 radical (unpaired) electrons. The second-order valence-electron chi connectivity index (χ2n) is 10.2. The molecule has 0 saturated carbocycles. The van der Waals surface area contributed by atoms with Crippen molar-refractivity contribution in [2.45, 2.75) is 59.4 Å². The first-order valence-electron chi connectivity index (χ1n) is 11.9. The van der Waals surface area contributed by atoms with Crippen LogP contribution in [0.1, 0.15) is 66.6 Å². The number of hydrazone groups is 1. The number of nitrogens with one attached hydrogen (secondary N) is 1. The van der Waals surface area contributed by atoms with Crippen LogP contribution in [0.5, 0.6) is 0 Å². The Kier molecular flexibility index (Phi) is 5.54. The number of halogens is 1. The topological polar surface area (TPSA) is 57.8 Å². The van der Waals surface area contributed by atoms with E-state index in [1.807, 2.05) is 44.2 Å². The lowest BCUT2D eigenvalue weighted by Gasteiger charge is -2.34. The summed E-state index contributed by atoms with van der Waals surface area (Å²) in [5.74, 6) is 0.688. The Labute approximate surface area is 199 Å². The number of aryl methyl sites for hydroxylation is 1. The molecule has 1 amide bonds. The average Bonchev–Trinajstić information content (AvgIpc) is 3.12. The lowest BCUT2D eigenvalue weighted by Crippen LogP contribution is -2.42. The SMILES string of the molecule is Cc1c(C(=O)N2c3ccc(F)cc3CCC2C)oc2c1/C(=N\Nc1ccccc1)CC(C)(C)C2. The van der Waals surface area contributed by atoms with Crippen LogP contribution in [-0.4, -0.2) is 17.7 Å². The summed E-state index contributed by atoms with van der Waals surface area (Å²) in [6, 6.07) is 14.5. The Morgan fingerprint density at radius 3 is 2.71 bits per heavy atom. The highest BCUT2D eigenvalue weighted by molar-refractivity contribution is 6.11. The van der Waals surface area contributed by atoms with Crippen molar-refractivity contribution in [1.82, 2.24) is 0 Å². The lowest BCUT2D eigenvalue weighted by atomic mass is 9.75. The molecule has 0 saturated heterocycles. The minimum absolute atomic E-state index is 0.00341. The highest BCUT2D eigenvalue weighted by Crippen LogP contribution is 2.40. The van der Waals surface area contributed by atoms with E-state index in [4.69, 9.17) is 9.52 Å². The molecule has 1 aliphatic carbocycles. The molecule has 2 aromatic carbocycles. The van der Waals surface area contributed by atoms with E-state index in [0.29, 0.717) is 5.76 Å². The Balaban J connectivity index is 1.54. The summed E-state index contributed by atoms with van der Waals surface area (Å²) >= 11 is 0. The molecular formula is C28H30FN3O2. The smallest absolute Gasteiger partial charge is 0.294 e. The van der Waals surface area contributed by atoms with E-state index < -0.39 is 0 Å². The maximum Gasteiger partial charge on any atom is 0.294 e. The molecule has 34 heavy (non-hydrogen) atoms. The van der Waals surface area contributed by atoms with Gasteiger partial charge in [0.1, 0.15) is 11.6 Å². The van der Waals surface area contributed by atoms with Crippen LogP contribution in [0.25, 0.3) is 0 Å². The number of hydrogen-bond donors (Lipinski definition) is 1. The zero-order valence-corrected chi connectivity index (χ0v) is 20.1. The number of carbonyl (C=O) groups is 1. The number of nitrogens with zero attached hydrogens (tertiary/aromatic N) is 2. The standard InChI is InChI=1S/C28H30FN3O2/c1-17-10-11-19-14-20(29)12-13-23(19)32(17)27(33)26-18(2)25-22(15-28(3,4)16-24(25)34-26)31-30-21-8-6-5-7-9-21/h5-9,12-14,17,30H,10-11,15-16H2,1-4H3/b31-22-. The number of benzene rings is 2. The zero-order valence-electron chi connectivity index (χ0n) is 20.1. The van der Waals surface area contributed by atoms with Gasteiger partial charge in [-0.05, 0) is 74.4 Å². The van der Waals surface area contributed by atoms with Gasteiger partial charge in [-0.3, -0.25) is 10.2 Å². The van der Waals surface area contributed by atoms with Crippen LogP contribution in [0.15, 0.2) is 58.0 Å². The maximum atomic E-state index is 13.8. The highest BCUT2D eigenvalue weighted by Gasteiger charge is 2.38. The summed E-state index contributed by atoms with van der Waals surface area (Å²) in [5.41, 5.74) is 8.27. The number of para-hydroxylation sites is 1. The van der Waals surface area contributed by atoms with Gasteiger partial charge >= 0.3 is 0 Å². The molecule has 5 rings (SSSR count). The average molecular weight is 460 g/mol. The summed E-state index contributed by atoms with van der Waals surface area (Å²) in [5, 5.41) is 4.74. The number of carbonyl (C=O) groups excluding carboxylic acids is 1. The summed E-state index contributed by atoms with van der Waals surface area (Å²) in [7, 11) is 0. The lowest BCUT2D eigenvalue weighted by molar-refractivity contribution is 0.0944. The number of furan rings is 1. The second kappa shape index (κ2) is 8.42. The fourth-order valence-electron chi connectivity index (χ4n) is 5.20. The predicted molar refractivity (Wildman–Crippen MR) is 133 cm³/mol. The molecule has 1 aromatic heterocycles. The van der Waals surface area contributed by atoms with E-state index in [1.165, 1.54) is 12.1 Å². The van der Waals surface area contributed by atoms with Gasteiger partial charge in [0.25, 0.3) is 5.91 Å². The Morgan fingerprint density at radius 2 is 1.94 bits per heavy atom. The normalized spacial score (nSPS) is 20.1. The van der Waals surface area contributed by atoms with Gasteiger partial charge in [-0.25, -0.2) is 4.39 Å². The van der Waals surface area contributed by atoms with Gasteiger partial charge in [0.2, 0.25) is 0 Å². The minimum atomic E-state index is -0.278. The first-order chi connectivity index (χ1) is 16.2. The largest absolute Gasteiger partial charge is 0.455 e. The van der Waals surface area contributed by atoms with E-state index in [1.54, 1.807) is 11.0 Å². The number of amides is 1. The van der Waals surface area contributed by atoms with E-state index in [-0.39, 0.29) is 23.2 Å². The monoisotopic (exact) mass is 459 g/mol. The number of fused-ring (bicyclic) bond motifs is 2. The van der Waals surface area contributed by atoms with E-state index >= 15 is 0 Å². The van der Waals surface area contributed by atoms with Crippen molar-refractivity contribution < 1.29 is 13.6 Å². The molecule has 6 heteroatoms. The van der Waals surface area contributed by atoms with Crippen molar-refractivity contribution in [1.29, 1.82) is 0 Å². The molecule has 5 nitrogen and oxygen atoms in total. The van der Waals surface area contributed by atoms with Gasteiger partial charge in [-0.1, -0.05) is 32.0 Å². The summed E-state index contributed by atoms with van der Waals surface area (Å²) in [6.45, 7) is 8.34. The predicted octanol–water partition coefficient (Wildman–Crippen LogP) is 6.50. The number of rotatable bonds is 3. The van der Waals surface area contributed by atoms with Gasteiger partial charge in [-0.2, -0.15) is 5.10 Å². The molecule has 2 heterocycles. The molecule has 1 unspecified atom stereocenters. The fourth-order valence-corrected chi connectivity index (χ4v) is 5.20. The van der Waals surface area contributed by atoms with Gasteiger partial charge < -0.3 is 9.32 Å². The van der Waals surface area contributed by atoms with Crippen LogP contribution < -0.4 is 10.3 Å². The first kappa shape index (κ1) is 22.4. The van der Waals surface area contributed by atoms with E-state index in [9.17, 15) is 9.18 Å². The molecule has 1 atom stereocenters. The van der Waals surface area contributed by atoms with Crippen molar-refractivity contribution >= 4 is 23.0 Å². The van der Waals surface area contributed by atoms with Gasteiger partial charge in [-0.15, -0.1) is 0 Å². The number of hydrogen-bond acceptors (Lipinski definition) is 4. The number of anilines is 2. The molecule has 0 fully saturated rings.